The molecule has 0 bridgehead atoms. The van der Waals surface area contributed by atoms with Gasteiger partial charge in [-0.2, -0.15) is 0 Å². The normalized spacial score (nSPS) is 20.9. The zero-order valence-electron chi connectivity index (χ0n) is 12.7. The molecule has 2 heterocycles. The van der Waals surface area contributed by atoms with Crippen LogP contribution in [0.1, 0.15) is 51.3 Å². The molecule has 2 rings (SSSR count). The molecular weight excluding hydrogens is 250 g/mol. The maximum Gasteiger partial charge on any atom is 0.0715 e. The molecular formula is C16H27N3O. The standard InChI is InChI=1S/C16H27N3O/c1-3-9-17-15(4-2)16-8-7-13(11-18-16)19-10-5-6-14(20)12-19/h7-8,11,14-15,17,20H,3-6,9-10,12H2,1-2H3. The van der Waals surface area contributed by atoms with Crippen LogP contribution in [0.15, 0.2) is 18.3 Å². The van der Waals surface area contributed by atoms with Crippen molar-refractivity contribution < 1.29 is 5.11 Å². The van der Waals surface area contributed by atoms with Gasteiger partial charge in [0.15, 0.2) is 0 Å². The van der Waals surface area contributed by atoms with E-state index in [9.17, 15) is 5.11 Å². The molecule has 0 spiro atoms. The summed E-state index contributed by atoms with van der Waals surface area (Å²) in [6.07, 6.45) is 5.91. The van der Waals surface area contributed by atoms with E-state index in [1.807, 2.05) is 6.20 Å². The van der Waals surface area contributed by atoms with Crippen LogP contribution in [0.3, 0.4) is 0 Å². The Balaban J connectivity index is 2.01. The van der Waals surface area contributed by atoms with Crippen LogP contribution in [0, 0.1) is 0 Å². The summed E-state index contributed by atoms with van der Waals surface area (Å²) < 4.78 is 0. The van der Waals surface area contributed by atoms with Crippen molar-refractivity contribution in [1.82, 2.24) is 10.3 Å². The maximum atomic E-state index is 9.75. The molecule has 1 aliphatic rings. The number of hydrogen-bond acceptors (Lipinski definition) is 4. The van der Waals surface area contributed by atoms with Crippen LogP contribution in [-0.4, -0.2) is 35.8 Å². The van der Waals surface area contributed by atoms with Gasteiger partial charge in [-0.15, -0.1) is 0 Å². The summed E-state index contributed by atoms with van der Waals surface area (Å²) in [5.41, 5.74) is 2.24. The van der Waals surface area contributed by atoms with Crippen LogP contribution in [0.2, 0.25) is 0 Å². The Labute approximate surface area is 122 Å². The lowest BCUT2D eigenvalue weighted by molar-refractivity contribution is 0.154. The summed E-state index contributed by atoms with van der Waals surface area (Å²) in [6.45, 7) is 7.14. The predicted octanol–water partition coefficient (Wildman–Crippen LogP) is 2.49. The van der Waals surface area contributed by atoms with Crippen LogP contribution < -0.4 is 10.2 Å². The van der Waals surface area contributed by atoms with Crippen molar-refractivity contribution in [3.05, 3.63) is 24.0 Å². The van der Waals surface area contributed by atoms with Crippen LogP contribution >= 0.6 is 0 Å². The SMILES string of the molecule is CCCNC(CC)c1ccc(N2CCCC(O)C2)cn1. The fourth-order valence-corrected chi connectivity index (χ4v) is 2.76. The molecule has 0 saturated carbocycles. The monoisotopic (exact) mass is 277 g/mol. The number of rotatable bonds is 6. The van der Waals surface area contributed by atoms with Gasteiger partial charge in [0.05, 0.1) is 23.7 Å². The van der Waals surface area contributed by atoms with E-state index in [4.69, 9.17) is 0 Å². The third-order valence-corrected chi connectivity index (χ3v) is 3.94. The smallest absolute Gasteiger partial charge is 0.0715 e. The second kappa shape index (κ2) is 7.60. The lowest BCUT2D eigenvalue weighted by atomic mass is 10.1. The molecule has 2 atom stereocenters. The molecule has 1 aromatic rings. The summed E-state index contributed by atoms with van der Waals surface area (Å²) >= 11 is 0. The number of aliphatic hydroxyl groups is 1. The van der Waals surface area contributed by atoms with Crippen LogP contribution in [0.4, 0.5) is 5.69 Å². The van der Waals surface area contributed by atoms with Gasteiger partial charge in [0.2, 0.25) is 0 Å². The van der Waals surface area contributed by atoms with Crippen molar-refractivity contribution in [3.8, 4) is 0 Å². The number of anilines is 1. The van der Waals surface area contributed by atoms with E-state index in [1.54, 1.807) is 0 Å². The lowest BCUT2D eigenvalue weighted by Crippen LogP contribution is -2.38. The number of nitrogens with one attached hydrogen (secondary N) is 1. The minimum atomic E-state index is -0.196. The van der Waals surface area contributed by atoms with E-state index in [2.05, 4.69) is 41.2 Å². The van der Waals surface area contributed by atoms with Gasteiger partial charge in [-0.1, -0.05) is 13.8 Å². The van der Waals surface area contributed by atoms with Crippen LogP contribution in [0.25, 0.3) is 0 Å². The van der Waals surface area contributed by atoms with Gasteiger partial charge in [-0.25, -0.2) is 0 Å². The van der Waals surface area contributed by atoms with Gasteiger partial charge in [-0.3, -0.25) is 4.98 Å². The molecule has 4 heteroatoms. The molecule has 1 aliphatic heterocycles. The van der Waals surface area contributed by atoms with Gasteiger partial charge in [0, 0.05) is 19.1 Å². The molecule has 1 aromatic heterocycles. The molecule has 0 aromatic carbocycles. The lowest BCUT2D eigenvalue weighted by Gasteiger charge is -2.31. The quantitative estimate of drug-likeness (QED) is 0.839. The third-order valence-electron chi connectivity index (χ3n) is 3.94. The molecule has 0 aliphatic carbocycles. The molecule has 1 saturated heterocycles. The fraction of sp³-hybridized carbons (Fsp3) is 0.688. The van der Waals surface area contributed by atoms with E-state index in [0.717, 1.165) is 56.7 Å². The van der Waals surface area contributed by atoms with Crippen molar-refractivity contribution in [2.75, 3.05) is 24.5 Å². The number of nitrogens with zero attached hydrogens (tertiary/aromatic N) is 2. The molecule has 20 heavy (non-hydrogen) atoms. The zero-order valence-corrected chi connectivity index (χ0v) is 12.7. The highest BCUT2D eigenvalue weighted by molar-refractivity contribution is 5.45. The van der Waals surface area contributed by atoms with Gasteiger partial charge >= 0.3 is 0 Å². The summed E-state index contributed by atoms with van der Waals surface area (Å²) in [4.78, 5) is 6.84. The van der Waals surface area contributed by atoms with E-state index in [-0.39, 0.29) is 6.10 Å². The summed E-state index contributed by atoms with van der Waals surface area (Å²) in [5, 5.41) is 13.3. The molecule has 2 N–H and O–H groups in total. The number of aromatic nitrogens is 1. The first-order valence-electron chi connectivity index (χ1n) is 7.87. The van der Waals surface area contributed by atoms with Crippen molar-refractivity contribution in [3.63, 3.8) is 0 Å². The first-order valence-corrected chi connectivity index (χ1v) is 7.87. The molecule has 0 amide bonds. The van der Waals surface area contributed by atoms with E-state index in [0.29, 0.717) is 6.04 Å². The minimum Gasteiger partial charge on any atom is -0.391 e. The minimum absolute atomic E-state index is 0.196. The van der Waals surface area contributed by atoms with Gasteiger partial charge in [-0.05, 0) is 44.4 Å². The fourth-order valence-electron chi connectivity index (χ4n) is 2.76. The Bertz CT molecular complexity index is 393. The number of β-amino-alcohol motifs (C(OH)–C–C–N with tert-alkyl or cyclic N) is 1. The highest BCUT2D eigenvalue weighted by Gasteiger charge is 2.18. The Morgan fingerprint density at radius 3 is 2.90 bits per heavy atom. The van der Waals surface area contributed by atoms with Crippen LogP contribution in [-0.2, 0) is 0 Å². The van der Waals surface area contributed by atoms with Crippen LogP contribution in [0.5, 0.6) is 0 Å². The second-order valence-corrected chi connectivity index (χ2v) is 5.60. The average molecular weight is 277 g/mol. The number of piperidine rings is 1. The highest BCUT2D eigenvalue weighted by Crippen LogP contribution is 2.21. The van der Waals surface area contributed by atoms with Crippen molar-refractivity contribution in [2.24, 2.45) is 0 Å². The van der Waals surface area contributed by atoms with E-state index >= 15 is 0 Å². The first kappa shape index (κ1) is 15.3. The van der Waals surface area contributed by atoms with Crippen molar-refractivity contribution >= 4 is 5.69 Å². The van der Waals surface area contributed by atoms with E-state index in [1.165, 1.54) is 0 Å². The molecule has 112 valence electrons. The summed E-state index contributed by atoms with van der Waals surface area (Å²) in [7, 11) is 0. The predicted molar refractivity (Wildman–Crippen MR) is 83.0 cm³/mol. The number of hydrogen-bond donors (Lipinski definition) is 2. The zero-order chi connectivity index (χ0) is 14.4. The van der Waals surface area contributed by atoms with Crippen molar-refractivity contribution in [1.29, 1.82) is 0 Å². The number of aliphatic hydroxyl groups excluding tert-OH is 1. The maximum absolute atomic E-state index is 9.75. The topological polar surface area (TPSA) is 48.4 Å². The third kappa shape index (κ3) is 3.93. The van der Waals surface area contributed by atoms with Gasteiger partial charge in [0.25, 0.3) is 0 Å². The Morgan fingerprint density at radius 1 is 1.45 bits per heavy atom. The molecule has 0 radical (unpaired) electrons. The van der Waals surface area contributed by atoms with Gasteiger partial charge in [0.1, 0.15) is 0 Å². The second-order valence-electron chi connectivity index (χ2n) is 5.60. The Hall–Kier alpha value is -1.13. The molecule has 4 nitrogen and oxygen atoms in total. The Kier molecular flexibility index (Phi) is 5.80. The average Bonchev–Trinajstić information content (AvgIpc) is 2.49. The largest absolute Gasteiger partial charge is 0.391 e. The molecule has 2 unspecified atom stereocenters. The van der Waals surface area contributed by atoms with Crippen molar-refractivity contribution in [2.45, 2.75) is 51.7 Å². The molecule has 1 fully saturated rings. The number of pyridine rings is 1. The summed E-state index contributed by atoms with van der Waals surface area (Å²) in [5.74, 6) is 0. The van der Waals surface area contributed by atoms with E-state index < -0.39 is 0 Å². The first-order chi connectivity index (χ1) is 9.74. The summed E-state index contributed by atoms with van der Waals surface area (Å²) in [6, 6.07) is 4.60. The van der Waals surface area contributed by atoms with Gasteiger partial charge < -0.3 is 15.3 Å². The Morgan fingerprint density at radius 2 is 2.30 bits per heavy atom. The highest BCUT2D eigenvalue weighted by atomic mass is 16.3.